The van der Waals surface area contributed by atoms with E-state index in [0.29, 0.717) is 38.6 Å². The molecule has 8 heteroatoms. The van der Waals surface area contributed by atoms with Gasteiger partial charge in [-0.1, -0.05) is 61.1 Å². The lowest BCUT2D eigenvalue weighted by atomic mass is 9.81. The van der Waals surface area contributed by atoms with Crippen molar-refractivity contribution < 1.29 is 38.4 Å². The molecule has 1 aromatic rings. The Morgan fingerprint density at radius 1 is 1.14 bits per heavy atom. The summed E-state index contributed by atoms with van der Waals surface area (Å²) in [7, 11) is 0. The van der Waals surface area contributed by atoms with Gasteiger partial charge in [0.25, 0.3) is 0 Å². The van der Waals surface area contributed by atoms with E-state index in [1.54, 1.807) is 13.0 Å². The van der Waals surface area contributed by atoms with Gasteiger partial charge in [0.15, 0.2) is 5.78 Å². The molecule has 0 aliphatic carbocycles. The van der Waals surface area contributed by atoms with E-state index in [1.807, 2.05) is 44.2 Å². The van der Waals surface area contributed by atoms with E-state index < -0.39 is 23.9 Å². The predicted octanol–water partition coefficient (Wildman–Crippen LogP) is 5.67. The number of ether oxygens (including phenoxy) is 5. The molecule has 1 aromatic carbocycles. The normalized spacial score (nSPS) is 33.1. The Morgan fingerprint density at radius 3 is 2.59 bits per heavy atom. The van der Waals surface area contributed by atoms with Crippen LogP contribution in [-0.2, 0) is 39.9 Å². The average molecular weight is 611 g/mol. The number of rotatable bonds is 14. The maximum Gasteiger partial charge on any atom is 0.303 e. The van der Waals surface area contributed by atoms with Crippen molar-refractivity contribution in [2.24, 2.45) is 11.8 Å². The average Bonchev–Trinajstić information content (AvgIpc) is 3.76. The van der Waals surface area contributed by atoms with E-state index in [1.165, 1.54) is 13.0 Å². The van der Waals surface area contributed by atoms with Gasteiger partial charge in [0.1, 0.15) is 23.9 Å². The van der Waals surface area contributed by atoms with Crippen molar-refractivity contribution in [1.29, 1.82) is 0 Å². The number of esters is 1. The third kappa shape index (κ3) is 10.2. The maximum atomic E-state index is 12.5. The number of epoxide rings is 1. The van der Waals surface area contributed by atoms with Crippen LogP contribution in [0.3, 0.4) is 0 Å². The second kappa shape index (κ2) is 16.1. The summed E-state index contributed by atoms with van der Waals surface area (Å²) in [5.41, 5.74) is 1.71. The molecule has 0 bridgehead atoms. The number of carbonyl (C=O) groups is 2. The van der Waals surface area contributed by atoms with Gasteiger partial charge < -0.3 is 28.8 Å². The van der Waals surface area contributed by atoms with E-state index in [0.717, 1.165) is 30.4 Å². The Kier molecular flexibility index (Phi) is 12.5. The van der Waals surface area contributed by atoms with Crippen molar-refractivity contribution in [1.82, 2.24) is 0 Å². The largest absolute Gasteiger partial charge is 0.459 e. The summed E-state index contributed by atoms with van der Waals surface area (Å²) in [6.07, 6.45) is 11.2. The molecule has 4 rings (SSSR count). The minimum atomic E-state index is -0.699. The summed E-state index contributed by atoms with van der Waals surface area (Å²) in [6.45, 7) is 11.1. The van der Waals surface area contributed by atoms with Crippen LogP contribution in [0.4, 0.5) is 0 Å². The van der Waals surface area contributed by atoms with Crippen LogP contribution in [-0.4, -0.2) is 72.3 Å². The lowest BCUT2D eigenvalue weighted by molar-refractivity contribution is -0.143. The second-order valence-corrected chi connectivity index (χ2v) is 12.8. The smallest absolute Gasteiger partial charge is 0.303 e. The van der Waals surface area contributed by atoms with Gasteiger partial charge >= 0.3 is 5.97 Å². The van der Waals surface area contributed by atoms with Crippen LogP contribution in [0.2, 0.25) is 0 Å². The Balaban J connectivity index is 1.23. The zero-order valence-electron chi connectivity index (χ0n) is 26.9. The Morgan fingerprint density at radius 2 is 1.89 bits per heavy atom. The van der Waals surface area contributed by atoms with E-state index in [-0.39, 0.29) is 36.0 Å². The first-order chi connectivity index (χ1) is 21.0. The third-order valence-electron chi connectivity index (χ3n) is 8.94. The number of aliphatic hydroxyl groups is 1. The van der Waals surface area contributed by atoms with Crippen molar-refractivity contribution in [2.75, 3.05) is 13.2 Å². The van der Waals surface area contributed by atoms with E-state index in [4.69, 9.17) is 23.7 Å². The molecule has 3 saturated heterocycles. The molecule has 9 atom stereocenters. The molecule has 1 N–H and O–H groups in total. The molecule has 3 aliphatic heterocycles. The Hall–Kier alpha value is -2.62. The number of hydrogen-bond donors (Lipinski definition) is 1. The van der Waals surface area contributed by atoms with Gasteiger partial charge in [0, 0.05) is 26.4 Å². The van der Waals surface area contributed by atoms with E-state index in [9.17, 15) is 14.7 Å². The highest BCUT2D eigenvalue weighted by atomic mass is 16.6. The molecule has 1 spiro atoms. The fraction of sp³-hybridized carbons (Fsp3) is 0.611. The maximum absolute atomic E-state index is 12.5. The standard InChI is InChI=1S/C36H50O8/c1-24(11-15-33-25(2)19-30(27(4)43-33)20-31(38)14-13-26(3)42-28(5)37)12-16-34-35(39)36(23-41-36)21-32(44-34)17-18-40-22-29-9-7-6-8-10-29/h6-14,16,25-27,30,32-35,39H,15,17-23H2,1-5H3/b14-13-,16-12+,24-11+/t25-,26-,27+,30-,32+,33-,34?,35-,36-/m0/s1. The molecule has 8 nitrogen and oxygen atoms in total. The summed E-state index contributed by atoms with van der Waals surface area (Å²) < 4.78 is 29.3. The van der Waals surface area contributed by atoms with Gasteiger partial charge in [-0.15, -0.1) is 0 Å². The third-order valence-corrected chi connectivity index (χ3v) is 8.94. The molecule has 0 saturated carbocycles. The highest BCUT2D eigenvalue weighted by molar-refractivity contribution is 5.89. The molecule has 242 valence electrons. The van der Waals surface area contributed by atoms with Gasteiger partial charge in [-0.05, 0) is 69.6 Å². The summed E-state index contributed by atoms with van der Waals surface area (Å²) >= 11 is 0. The quantitative estimate of drug-likeness (QED) is 0.0945. The van der Waals surface area contributed by atoms with E-state index >= 15 is 0 Å². The van der Waals surface area contributed by atoms with Crippen LogP contribution in [0.15, 0.2) is 66.3 Å². The topological polar surface area (TPSA) is 104 Å². The van der Waals surface area contributed by atoms with Crippen molar-refractivity contribution in [3.63, 3.8) is 0 Å². The number of ketones is 1. The fourth-order valence-electron chi connectivity index (χ4n) is 6.20. The minimum Gasteiger partial charge on any atom is -0.459 e. The van der Waals surface area contributed by atoms with Crippen LogP contribution >= 0.6 is 0 Å². The van der Waals surface area contributed by atoms with Crippen molar-refractivity contribution in [2.45, 2.75) is 116 Å². The van der Waals surface area contributed by atoms with Gasteiger partial charge in [0.2, 0.25) is 0 Å². The summed E-state index contributed by atoms with van der Waals surface area (Å²) in [4.78, 5) is 23.6. The van der Waals surface area contributed by atoms with Crippen molar-refractivity contribution in [3.05, 3.63) is 71.8 Å². The van der Waals surface area contributed by atoms with Crippen molar-refractivity contribution >= 4 is 11.8 Å². The monoisotopic (exact) mass is 610 g/mol. The molecule has 3 fully saturated rings. The molecule has 0 aromatic heterocycles. The molecular weight excluding hydrogens is 560 g/mol. The zero-order chi connectivity index (χ0) is 31.7. The first-order valence-electron chi connectivity index (χ1n) is 16.0. The van der Waals surface area contributed by atoms with Crippen molar-refractivity contribution in [3.8, 4) is 0 Å². The number of hydrogen-bond acceptors (Lipinski definition) is 8. The number of carbonyl (C=O) groups excluding carboxylic acids is 2. The van der Waals surface area contributed by atoms with Crippen LogP contribution in [0, 0.1) is 11.8 Å². The Labute approximate surface area is 262 Å². The number of allylic oxidation sites excluding steroid dienone is 3. The van der Waals surface area contributed by atoms with Crippen LogP contribution in [0.25, 0.3) is 0 Å². The highest BCUT2D eigenvalue weighted by Gasteiger charge is 2.58. The molecular formula is C36H50O8. The first kappa shape index (κ1) is 34.3. The number of aliphatic hydroxyl groups excluding tert-OH is 1. The molecule has 44 heavy (non-hydrogen) atoms. The Bertz CT molecular complexity index is 1170. The van der Waals surface area contributed by atoms with Gasteiger partial charge in [-0.2, -0.15) is 0 Å². The predicted molar refractivity (Wildman–Crippen MR) is 168 cm³/mol. The lowest BCUT2D eigenvalue weighted by Crippen LogP contribution is -2.50. The molecule has 1 unspecified atom stereocenters. The SMILES string of the molecule is CC(=O)O[C@@H](C)/C=C\C(=O)C[C@@H]1C[C@H](C)[C@H](C/C=C(C)/C=C/C2O[C@H](CCOCc3ccccc3)C[C@]3(CO3)[C@H]2O)O[C@@H]1C. The first-order valence-corrected chi connectivity index (χ1v) is 16.0. The fourth-order valence-corrected chi connectivity index (χ4v) is 6.20. The molecule has 3 aliphatic rings. The van der Waals surface area contributed by atoms with Gasteiger partial charge in [0.05, 0.1) is 31.5 Å². The zero-order valence-corrected chi connectivity index (χ0v) is 26.9. The molecule has 0 amide bonds. The summed E-state index contributed by atoms with van der Waals surface area (Å²) in [5, 5.41) is 11.0. The second-order valence-electron chi connectivity index (χ2n) is 12.8. The van der Waals surface area contributed by atoms with Crippen LogP contribution in [0.1, 0.15) is 72.3 Å². The van der Waals surface area contributed by atoms with E-state index in [2.05, 4.69) is 25.1 Å². The van der Waals surface area contributed by atoms with Gasteiger partial charge in [-0.25, -0.2) is 0 Å². The molecule has 3 heterocycles. The summed E-state index contributed by atoms with van der Waals surface area (Å²) in [6, 6.07) is 10.1. The lowest BCUT2D eigenvalue weighted by Gasteiger charge is -2.38. The minimum absolute atomic E-state index is 0.0171. The summed E-state index contributed by atoms with van der Waals surface area (Å²) in [5.74, 6) is 0.102. The van der Waals surface area contributed by atoms with Gasteiger partial charge in [-0.3, -0.25) is 9.59 Å². The molecule has 0 radical (unpaired) electrons. The number of benzene rings is 1. The van der Waals surface area contributed by atoms with Crippen LogP contribution in [0.5, 0.6) is 0 Å². The van der Waals surface area contributed by atoms with Crippen LogP contribution < -0.4 is 0 Å². The highest BCUT2D eigenvalue weighted by Crippen LogP contribution is 2.43.